The monoisotopic (exact) mass is 694 g/mol. The van der Waals surface area contributed by atoms with E-state index in [1.165, 1.54) is 49.6 Å². The average Bonchev–Trinajstić information content (AvgIpc) is 3.76. The van der Waals surface area contributed by atoms with Crippen molar-refractivity contribution in [2.45, 2.75) is 20.8 Å². The predicted molar refractivity (Wildman–Crippen MR) is 228 cm³/mol. The molecule has 0 saturated carbocycles. The summed E-state index contributed by atoms with van der Waals surface area (Å²) in [4.78, 5) is 2.44. The van der Waals surface area contributed by atoms with Gasteiger partial charge in [0.1, 0.15) is 11.2 Å². The van der Waals surface area contributed by atoms with E-state index >= 15 is 0 Å². The number of hydrogen-bond donors (Lipinski definition) is 0. The van der Waals surface area contributed by atoms with Crippen LogP contribution >= 0.6 is 0 Å². The normalized spacial score (nSPS) is 11.6. The number of anilines is 3. The van der Waals surface area contributed by atoms with Crippen LogP contribution in [0.3, 0.4) is 0 Å². The Bertz CT molecular complexity index is 2980. The largest absolute Gasteiger partial charge is 0.455 e. The zero-order valence-electron chi connectivity index (χ0n) is 30.5. The van der Waals surface area contributed by atoms with Crippen LogP contribution in [0.1, 0.15) is 16.7 Å². The summed E-state index contributed by atoms with van der Waals surface area (Å²) in [6.45, 7) is 6.65. The first-order valence-electron chi connectivity index (χ1n) is 18.6. The van der Waals surface area contributed by atoms with Crippen molar-refractivity contribution in [2.24, 2.45) is 0 Å². The Hall–Kier alpha value is -6.84. The summed E-state index contributed by atoms with van der Waals surface area (Å²) in [5, 5.41) is 4.69. The molecule has 2 aromatic heterocycles. The molecule has 54 heavy (non-hydrogen) atoms. The number of fused-ring (bicyclic) bond motifs is 6. The second kappa shape index (κ2) is 12.7. The van der Waals surface area contributed by atoms with E-state index in [1.54, 1.807) is 0 Å². The van der Waals surface area contributed by atoms with Gasteiger partial charge in [-0.25, -0.2) is 0 Å². The minimum Gasteiger partial charge on any atom is -0.455 e. The summed E-state index contributed by atoms with van der Waals surface area (Å²) >= 11 is 0. The second-order valence-corrected chi connectivity index (χ2v) is 14.3. The molecule has 0 N–H and O–H groups in total. The van der Waals surface area contributed by atoms with Crippen LogP contribution in [0.15, 0.2) is 180 Å². The lowest BCUT2D eigenvalue weighted by Gasteiger charge is -2.30. The van der Waals surface area contributed by atoms with E-state index in [2.05, 4.69) is 200 Å². The van der Waals surface area contributed by atoms with E-state index in [-0.39, 0.29) is 0 Å². The Morgan fingerprint density at radius 2 is 1.07 bits per heavy atom. The molecule has 3 heteroatoms. The lowest BCUT2D eigenvalue weighted by Crippen LogP contribution is -2.13. The fourth-order valence-electron chi connectivity index (χ4n) is 8.36. The van der Waals surface area contributed by atoms with Crippen LogP contribution in [0.4, 0.5) is 17.1 Å². The zero-order valence-corrected chi connectivity index (χ0v) is 30.5. The molecular formula is C51H38N2O. The van der Waals surface area contributed by atoms with Crippen molar-refractivity contribution >= 4 is 60.8 Å². The summed E-state index contributed by atoms with van der Waals surface area (Å²) in [5.74, 6) is 0. The van der Waals surface area contributed by atoms with Gasteiger partial charge in [0.2, 0.25) is 0 Å². The number of aryl methyl sites for hydroxylation is 3. The SMILES string of the molecule is Cc1cc(N(c2cc(-c3cccc(-n4c5ccccc5c5ccccc54)c3)c3oc4ccccc4c3c2)c2ccccc2C)c(C)cc1-c1ccccc1. The summed E-state index contributed by atoms with van der Waals surface area (Å²) in [6, 6.07) is 63.4. The molecule has 0 aliphatic carbocycles. The van der Waals surface area contributed by atoms with Crippen LogP contribution in [-0.4, -0.2) is 4.57 Å². The third-order valence-electron chi connectivity index (χ3n) is 10.9. The van der Waals surface area contributed by atoms with Gasteiger partial charge in [0.25, 0.3) is 0 Å². The highest BCUT2D eigenvalue weighted by molar-refractivity contribution is 6.12. The molecule has 0 atom stereocenters. The molecule has 0 radical (unpaired) electrons. The van der Waals surface area contributed by atoms with Crippen molar-refractivity contribution in [3.8, 4) is 27.9 Å². The smallest absolute Gasteiger partial charge is 0.143 e. The van der Waals surface area contributed by atoms with Crippen molar-refractivity contribution < 1.29 is 4.42 Å². The van der Waals surface area contributed by atoms with Gasteiger partial charge in [-0.15, -0.1) is 0 Å². The number of nitrogens with zero attached hydrogens (tertiary/aromatic N) is 2. The highest BCUT2D eigenvalue weighted by Crippen LogP contribution is 2.46. The number of para-hydroxylation sites is 4. The van der Waals surface area contributed by atoms with Gasteiger partial charge >= 0.3 is 0 Å². The van der Waals surface area contributed by atoms with E-state index < -0.39 is 0 Å². The van der Waals surface area contributed by atoms with Crippen LogP contribution in [0.2, 0.25) is 0 Å². The van der Waals surface area contributed by atoms with Crippen LogP contribution in [0, 0.1) is 20.8 Å². The molecule has 0 spiro atoms. The topological polar surface area (TPSA) is 21.3 Å². The standard InChI is InChI=1S/C51H38N2O/c1-33-16-7-11-24-46(33)53(49-29-34(2)43(28-35(49)3)36-17-5-4-6-18-36)39-31-44(51-45(32-39)42-23-10-14-27-50(42)54-51)37-19-15-20-38(30-37)52-47-25-12-8-21-40(47)41-22-9-13-26-48(41)52/h4-32H,1-3H3. The van der Waals surface area contributed by atoms with E-state index in [0.717, 1.165) is 55.8 Å². The fraction of sp³-hybridized carbons (Fsp3) is 0.0588. The van der Waals surface area contributed by atoms with E-state index in [0.29, 0.717) is 0 Å². The van der Waals surface area contributed by atoms with Gasteiger partial charge < -0.3 is 13.9 Å². The molecule has 2 heterocycles. The highest BCUT2D eigenvalue weighted by Gasteiger charge is 2.23. The highest BCUT2D eigenvalue weighted by atomic mass is 16.3. The second-order valence-electron chi connectivity index (χ2n) is 14.3. The van der Waals surface area contributed by atoms with Crippen LogP contribution in [0.5, 0.6) is 0 Å². The number of aromatic nitrogens is 1. The average molecular weight is 695 g/mol. The van der Waals surface area contributed by atoms with Gasteiger partial charge in [-0.2, -0.15) is 0 Å². The third kappa shape index (κ3) is 5.12. The molecule has 0 unspecified atom stereocenters. The van der Waals surface area contributed by atoms with Crippen molar-refractivity contribution in [3.63, 3.8) is 0 Å². The molecule has 0 amide bonds. The zero-order chi connectivity index (χ0) is 36.3. The maximum atomic E-state index is 6.76. The van der Waals surface area contributed by atoms with Gasteiger partial charge in [0.05, 0.1) is 11.0 Å². The minimum absolute atomic E-state index is 0.881. The van der Waals surface area contributed by atoms with Crippen molar-refractivity contribution in [3.05, 3.63) is 193 Å². The fourth-order valence-corrected chi connectivity index (χ4v) is 8.36. The molecule has 10 rings (SSSR count). The van der Waals surface area contributed by atoms with Crippen LogP contribution < -0.4 is 4.90 Å². The van der Waals surface area contributed by atoms with Gasteiger partial charge in [0, 0.05) is 49.9 Å². The first-order valence-corrected chi connectivity index (χ1v) is 18.6. The molecule has 8 aromatic carbocycles. The minimum atomic E-state index is 0.881. The Labute approximate surface area is 315 Å². The van der Waals surface area contributed by atoms with E-state index in [9.17, 15) is 0 Å². The maximum absolute atomic E-state index is 6.76. The van der Waals surface area contributed by atoms with Gasteiger partial charge in [-0.3, -0.25) is 0 Å². The Balaban J connectivity index is 1.23. The van der Waals surface area contributed by atoms with Gasteiger partial charge in [-0.1, -0.05) is 115 Å². The Morgan fingerprint density at radius 1 is 0.426 bits per heavy atom. The molecule has 258 valence electrons. The summed E-state index contributed by atoms with van der Waals surface area (Å²) < 4.78 is 9.14. The number of furan rings is 1. The lowest BCUT2D eigenvalue weighted by atomic mass is 9.95. The van der Waals surface area contributed by atoms with Gasteiger partial charge in [-0.05, 0) is 115 Å². The summed E-state index contributed by atoms with van der Waals surface area (Å²) in [6.07, 6.45) is 0. The quantitative estimate of drug-likeness (QED) is 0.173. The van der Waals surface area contributed by atoms with Crippen LogP contribution in [0.25, 0.3) is 71.7 Å². The molecule has 0 aliphatic rings. The summed E-state index contributed by atoms with van der Waals surface area (Å²) in [7, 11) is 0. The third-order valence-corrected chi connectivity index (χ3v) is 10.9. The Kier molecular flexibility index (Phi) is 7.48. The van der Waals surface area contributed by atoms with Crippen molar-refractivity contribution in [1.82, 2.24) is 4.57 Å². The molecule has 10 aromatic rings. The number of rotatable bonds is 6. The number of benzene rings is 8. The van der Waals surface area contributed by atoms with Crippen molar-refractivity contribution in [1.29, 1.82) is 0 Å². The molecule has 0 aliphatic heterocycles. The predicted octanol–water partition coefficient (Wildman–Crippen LogP) is 14.4. The molecule has 0 saturated heterocycles. The molecule has 3 nitrogen and oxygen atoms in total. The maximum Gasteiger partial charge on any atom is 0.143 e. The summed E-state index contributed by atoms with van der Waals surface area (Å²) in [5.41, 5.74) is 16.9. The first-order chi connectivity index (χ1) is 26.5. The van der Waals surface area contributed by atoms with E-state index in [1.807, 2.05) is 6.07 Å². The lowest BCUT2D eigenvalue weighted by molar-refractivity contribution is 0.670. The molecular weight excluding hydrogens is 657 g/mol. The molecule has 0 fully saturated rings. The first kappa shape index (κ1) is 31.9. The van der Waals surface area contributed by atoms with Crippen LogP contribution in [-0.2, 0) is 0 Å². The van der Waals surface area contributed by atoms with Crippen molar-refractivity contribution in [2.75, 3.05) is 4.90 Å². The Morgan fingerprint density at radius 3 is 1.83 bits per heavy atom. The number of hydrogen-bond acceptors (Lipinski definition) is 2. The molecule has 0 bridgehead atoms. The van der Waals surface area contributed by atoms with E-state index in [4.69, 9.17) is 4.42 Å². The van der Waals surface area contributed by atoms with Gasteiger partial charge in [0.15, 0.2) is 0 Å².